The minimum absolute atomic E-state index is 0.0501. The molecule has 13 heteroatoms. The van der Waals surface area contributed by atoms with Crippen molar-refractivity contribution in [1.29, 1.82) is 0 Å². The third-order valence-electron chi connectivity index (χ3n) is 6.60. The number of amides is 2. The predicted octanol–water partition coefficient (Wildman–Crippen LogP) is 3.76. The molecule has 3 heterocycles. The summed E-state index contributed by atoms with van der Waals surface area (Å²) in [5.41, 5.74) is 4.88. The number of aromatic nitrogens is 4. The van der Waals surface area contributed by atoms with Crippen molar-refractivity contribution in [3.8, 4) is 16.8 Å². The second-order valence-electron chi connectivity index (χ2n) is 9.20. The Labute approximate surface area is 230 Å². The summed E-state index contributed by atoms with van der Waals surface area (Å²) in [6.45, 7) is 3.56. The summed E-state index contributed by atoms with van der Waals surface area (Å²) in [5, 5.41) is 2.42. The molecule has 0 aliphatic heterocycles. The van der Waals surface area contributed by atoms with E-state index in [1.165, 1.54) is 40.7 Å². The molecule has 2 aromatic carbocycles. The van der Waals surface area contributed by atoms with E-state index in [-0.39, 0.29) is 34.3 Å². The molecule has 0 saturated heterocycles. The lowest BCUT2D eigenvalue weighted by molar-refractivity contribution is 0.0995. The summed E-state index contributed by atoms with van der Waals surface area (Å²) < 4.78 is 36.8. The number of halogens is 2. The van der Waals surface area contributed by atoms with Crippen LogP contribution >= 0.6 is 0 Å². The largest absolute Gasteiger partial charge is 0.381 e. The Morgan fingerprint density at radius 2 is 1.78 bits per heavy atom. The number of rotatable bonds is 7. The van der Waals surface area contributed by atoms with Gasteiger partial charge in [-0.15, -0.1) is 0 Å². The minimum Gasteiger partial charge on any atom is -0.381 e. The first-order valence-electron chi connectivity index (χ1n) is 12.4. The van der Waals surface area contributed by atoms with Crippen molar-refractivity contribution in [3.05, 3.63) is 98.0 Å². The Kier molecular flexibility index (Phi) is 6.87. The van der Waals surface area contributed by atoms with Gasteiger partial charge in [0.15, 0.2) is 5.69 Å². The molecular weight excluding hydrogens is 538 g/mol. The molecule has 0 unspecified atom stereocenters. The number of fused-ring (bicyclic) bond motifs is 1. The lowest BCUT2D eigenvalue weighted by Crippen LogP contribution is -2.21. The molecule has 3 aromatic heterocycles. The fourth-order valence-corrected chi connectivity index (χ4v) is 4.77. The van der Waals surface area contributed by atoms with E-state index in [4.69, 9.17) is 10.3 Å². The van der Waals surface area contributed by atoms with Crippen molar-refractivity contribution in [2.24, 2.45) is 12.8 Å². The van der Waals surface area contributed by atoms with Crippen LogP contribution in [0.3, 0.4) is 0 Å². The van der Waals surface area contributed by atoms with Crippen LogP contribution in [0.4, 0.5) is 14.5 Å². The number of aryl methyl sites for hydroxylation is 3. The number of nitrogens with zero attached hydrogens (tertiary/aromatic N) is 4. The number of carbonyl (C=O) groups is 2. The van der Waals surface area contributed by atoms with Gasteiger partial charge in [0.1, 0.15) is 17.0 Å². The summed E-state index contributed by atoms with van der Waals surface area (Å²) in [4.78, 5) is 54.9. The highest BCUT2D eigenvalue weighted by Crippen LogP contribution is 2.27. The zero-order valence-corrected chi connectivity index (χ0v) is 22.1. The van der Waals surface area contributed by atoms with Crippen LogP contribution in [0.2, 0.25) is 0 Å². The summed E-state index contributed by atoms with van der Waals surface area (Å²) in [6.07, 6.45) is -3.05. The van der Waals surface area contributed by atoms with E-state index < -0.39 is 35.2 Å². The maximum atomic E-state index is 13.8. The number of alkyl halides is 2. The highest BCUT2D eigenvalue weighted by molar-refractivity contribution is 6.11. The van der Waals surface area contributed by atoms with E-state index >= 15 is 0 Å². The summed E-state index contributed by atoms with van der Waals surface area (Å²) in [7, 11) is 1.50. The standard InChI is InChI=1S/C28H24F2N6O5/c1-4-35-23-19(27(39)36(35)18-10-8-15(9-11-18)21-14(2)41-34(3)28(21)40)13-20(24(29)30)33-22(23)26(38)32-17-7-5-6-16(12-17)25(31)37/h5-13,24H,4H2,1-3H3,(H2,31,37)(H,32,38). The Hall–Kier alpha value is -5.33. The van der Waals surface area contributed by atoms with Crippen LogP contribution in [-0.4, -0.2) is 30.9 Å². The highest BCUT2D eigenvalue weighted by atomic mass is 19.3. The zero-order chi connectivity index (χ0) is 29.6. The Morgan fingerprint density at radius 3 is 2.37 bits per heavy atom. The number of primary amides is 1. The average molecular weight is 563 g/mol. The quantitative estimate of drug-likeness (QED) is 0.309. The number of anilines is 1. The van der Waals surface area contributed by atoms with Gasteiger partial charge in [0, 0.05) is 24.8 Å². The zero-order valence-electron chi connectivity index (χ0n) is 22.1. The molecule has 0 atom stereocenters. The molecule has 5 rings (SSSR count). The van der Waals surface area contributed by atoms with Gasteiger partial charge < -0.3 is 15.6 Å². The topological polar surface area (TPSA) is 147 Å². The third-order valence-corrected chi connectivity index (χ3v) is 6.60. The monoisotopic (exact) mass is 562 g/mol. The molecule has 0 aliphatic carbocycles. The van der Waals surface area contributed by atoms with E-state index in [0.29, 0.717) is 22.6 Å². The van der Waals surface area contributed by atoms with Crippen molar-refractivity contribution in [2.75, 3.05) is 5.32 Å². The second-order valence-corrected chi connectivity index (χ2v) is 9.20. The van der Waals surface area contributed by atoms with Crippen molar-refractivity contribution in [2.45, 2.75) is 26.8 Å². The normalized spacial score (nSPS) is 11.4. The van der Waals surface area contributed by atoms with Gasteiger partial charge >= 0.3 is 0 Å². The smallest absolute Gasteiger partial charge is 0.290 e. The number of pyridine rings is 1. The van der Waals surface area contributed by atoms with Crippen molar-refractivity contribution in [1.82, 2.24) is 19.1 Å². The van der Waals surface area contributed by atoms with E-state index in [0.717, 1.165) is 10.8 Å². The van der Waals surface area contributed by atoms with Crippen molar-refractivity contribution in [3.63, 3.8) is 0 Å². The summed E-state index contributed by atoms with van der Waals surface area (Å²) in [5.74, 6) is -1.15. The molecule has 210 valence electrons. The van der Waals surface area contributed by atoms with Crippen LogP contribution in [0, 0.1) is 6.92 Å². The average Bonchev–Trinajstić information content (AvgIpc) is 3.38. The van der Waals surface area contributed by atoms with Gasteiger partial charge in [-0.05, 0) is 55.8 Å². The van der Waals surface area contributed by atoms with Crippen LogP contribution in [0.5, 0.6) is 0 Å². The maximum absolute atomic E-state index is 13.8. The molecule has 41 heavy (non-hydrogen) atoms. The summed E-state index contributed by atoms with van der Waals surface area (Å²) >= 11 is 0. The van der Waals surface area contributed by atoms with Gasteiger partial charge in [-0.25, -0.2) is 18.4 Å². The molecule has 11 nitrogen and oxygen atoms in total. The first-order chi connectivity index (χ1) is 19.5. The fraction of sp³-hybridized carbons (Fsp3) is 0.179. The van der Waals surface area contributed by atoms with Gasteiger partial charge in [-0.2, -0.15) is 4.74 Å². The molecule has 0 fully saturated rings. The molecular formula is C28H24F2N6O5. The Bertz CT molecular complexity index is 1950. The molecule has 0 bridgehead atoms. The molecule has 2 amide bonds. The SMILES string of the molecule is CCn1c2c(C(=O)Nc3cccc(C(N)=O)c3)nc(C(F)F)cc2c(=O)n1-c1ccc(-c2c(C)on(C)c2=O)cc1. The van der Waals surface area contributed by atoms with Crippen molar-refractivity contribution >= 4 is 28.4 Å². The lowest BCUT2D eigenvalue weighted by atomic mass is 10.1. The van der Waals surface area contributed by atoms with E-state index in [1.54, 1.807) is 38.1 Å². The van der Waals surface area contributed by atoms with Crippen LogP contribution < -0.4 is 22.2 Å². The number of nitrogens with one attached hydrogen (secondary N) is 1. The number of benzene rings is 2. The molecule has 0 radical (unpaired) electrons. The van der Waals surface area contributed by atoms with Gasteiger partial charge in [0.2, 0.25) is 5.91 Å². The third kappa shape index (κ3) is 4.71. The summed E-state index contributed by atoms with van der Waals surface area (Å²) in [6, 6.07) is 13.2. The number of hydrogen-bond acceptors (Lipinski definition) is 6. The molecule has 3 N–H and O–H groups in total. The second kappa shape index (κ2) is 10.3. The van der Waals surface area contributed by atoms with E-state index in [9.17, 15) is 28.0 Å². The number of nitrogens with two attached hydrogens (primary N) is 1. The number of carbonyl (C=O) groups excluding carboxylic acids is 2. The first-order valence-corrected chi connectivity index (χ1v) is 12.4. The van der Waals surface area contributed by atoms with E-state index in [1.807, 2.05) is 0 Å². The molecule has 0 saturated carbocycles. The highest BCUT2D eigenvalue weighted by Gasteiger charge is 2.26. The van der Waals surface area contributed by atoms with Crippen LogP contribution in [0.25, 0.3) is 27.7 Å². The molecule has 5 aromatic rings. The predicted molar refractivity (Wildman–Crippen MR) is 147 cm³/mol. The van der Waals surface area contributed by atoms with Gasteiger partial charge in [0.25, 0.3) is 23.5 Å². The molecule has 0 spiro atoms. The van der Waals surface area contributed by atoms with Gasteiger partial charge in [-0.1, -0.05) is 18.2 Å². The number of hydrogen-bond donors (Lipinski definition) is 2. The Balaban J connectivity index is 1.66. The van der Waals surface area contributed by atoms with Crippen molar-refractivity contribution < 1.29 is 22.9 Å². The fourth-order valence-electron chi connectivity index (χ4n) is 4.77. The Morgan fingerprint density at radius 1 is 1.07 bits per heavy atom. The van der Waals surface area contributed by atoms with Crippen LogP contribution in [0.1, 0.15) is 45.6 Å². The van der Waals surface area contributed by atoms with E-state index in [2.05, 4.69) is 10.3 Å². The van der Waals surface area contributed by atoms with Crippen LogP contribution in [0.15, 0.2) is 68.7 Å². The lowest BCUT2D eigenvalue weighted by Gasteiger charge is -2.13. The maximum Gasteiger partial charge on any atom is 0.290 e. The first kappa shape index (κ1) is 27.2. The van der Waals surface area contributed by atoms with Gasteiger partial charge in [-0.3, -0.25) is 23.9 Å². The molecule has 0 aliphatic rings. The minimum atomic E-state index is -3.05. The van der Waals surface area contributed by atoms with Gasteiger partial charge in [0.05, 0.1) is 16.6 Å². The van der Waals surface area contributed by atoms with Crippen LogP contribution in [-0.2, 0) is 13.6 Å².